The van der Waals surface area contributed by atoms with Crippen molar-refractivity contribution in [1.29, 1.82) is 0 Å². The quantitative estimate of drug-likeness (QED) is 0.691. The topological polar surface area (TPSA) is 52.6 Å². The van der Waals surface area contributed by atoms with Crippen LogP contribution in [0.3, 0.4) is 0 Å². The molecule has 0 aromatic rings. The van der Waals surface area contributed by atoms with Gasteiger partial charge >= 0.3 is 5.97 Å². The van der Waals surface area contributed by atoms with Crippen LogP contribution in [0, 0.1) is 5.41 Å². The van der Waals surface area contributed by atoms with E-state index in [1.54, 1.807) is 13.2 Å². The van der Waals surface area contributed by atoms with E-state index in [4.69, 9.17) is 4.74 Å². The highest BCUT2D eigenvalue weighted by Gasteiger charge is 2.38. The van der Waals surface area contributed by atoms with E-state index in [2.05, 4.69) is 4.74 Å². The Morgan fingerprint density at radius 3 is 2.65 bits per heavy atom. The third-order valence-corrected chi connectivity index (χ3v) is 3.64. The van der Waals surface area contributed by atoms with Crippen molar-refractivity contribution in [2.45, 2.75) is 39.0 Å². The van der Waals surface area contributed by atoms with Crippen molar-refractivity contribution in [3.05, 3.63) is 11.8 Å². The molecule has 0 saturated carbocycles. The first-order chi connectivity index (χ1) is 8.07. The van der Waals surface area contributed by atoms with Crippen molar-refractivity contribution in [1.82, 2.24) is 0 Å². The highest BCUT2D eigenvalue weighted by molar-refractivity contribution is 5.96. The van der Waals surface area contributed by atoms with Gasteiger partial charge in [0.1, 0.15) is 0 Å². The molecule has 4 heteroatoms. The molecule has 0 radical (unpaired) electrons. The number of esters is 1. The maximum Gasteiger partial charge on any atom is 0.305 e. The maximum atomic E-state index is 12.1. The Hall–Kier alpha value is -1.32. The van der Waals surface area contributed by atoms with Gasteiger partial charge in [-0.15, -0.1) is 0 Å². The summed E-state index contributed by atoms with van der Waals surface area (Å²) in [5.41, 5.74) is -0.407. The fourth-order valence-corrected chi connectivity index (χ4v) is 2.24. The molecule has 0 fully saturated rings. The third-order valence-electron chi connectivity index (χ3n) is 3.64. The molecule has 96 valence electrons. The minimum Gasteiger partial charge on any atom is -0.501 e. The van der Waals surface area contributed by atoms with Crippen LogP contribution in [0.15, 0.2) is 11.8 Å². The van der Waals surface area contributed by atoms with Crippen LogP contribution in [0.5, 0.6) is 0 Å². The molecule has 0 unspecified atom stereocenters. The van der Waals surface area contributed by atoms with Crippen LogP contribution in [0.25, 0.3) is 0 Å². The zero-order valence-electron chi connectivity index (χ0n) is 10.7. The van der Waals surface area contributed by atoms with Gasteiger partial charge in [-0.05, 0) is 19.3 Å². The molecule has 0 saturated heterocycles. The number of allylic oxidation sites excluding steroid dienone is 2. The number of carbonyl (C=O) groups excluding carboxylic acids is 2. The molecular weight excluding hydrogens is 220 g/mol. The average Bonchev–Trinajstić information content (AvgIpc) is 2.37. The first-order valence-electron chi connectivity index (χ1n) is 5.94. The standard InChI is InChI=1S/C13H20O4/c1-4-13(8-6-12(15)17-3)7-5-10(16-2)9-11(13)14/h9H,4-8H2,1-3H3/t13-/m0/s1. The summed E-state index contributed by atoms with van der Waals surface area (Å²) in [6.07, 6.45) is 4.69. The van der Waals surface area contributed by atoms with Gasteiger partial charge in [-0.25, -0.2) is 0 Å². The normalized spacial score (nSPS) is 24.2. The Labute approximate surface area is 102 Å². The molecule has 0 spiro atoms. The van der Waals surface area contributed by atoms with Gasteiger partial charge in [0, 0.05) is 24.3 Å². The number of ether oxygens (including phenoxy) is 2. The molecule has 0 heterocycles. The lowest BCUT2D eigenvalue weighted by molar-refractivity contribution is -0.141. The number of hydrogen-bond acceptors (Lipinski definition) is 4. The average molecular weight is 240 g/mol. The van der Waals surface area contributed by atoms with Crippen molar-refractivity contribution in [2.24, 2.45) is 5.41 Å². The lowest BCUT2D eigenvalue weighted by Crippen LogP contribution is -2.33. The van der Waals surface area contributed by atoms with Gasteiger partial charge < -0.3 is 9.47 Å². The van der Waals surface area contributed by atoms with Crippen LogP contribution in [0.4, 0.5) is 0 Å². The van der Waals surface area contributed by atoms with Crippen molar-refractivity contribution in [2.75, 3.05) is 14.2 Å². The number of carbonyl (C=O) groups is 2. The van der Waals surface area contributed by atoms with E-state index in [-0.39, 0.29) is 11.8 Å². The largest absolute Gasteiger partial charge is 0.501 e. The Bertz CT molecular complexity index is 332. The van der Waals surface area contributed by atoms with Crippen molar-refractivity contribution < 1.29 is 19.1 Å². The summed E-state index contributed by atoms with van der Waals surface area (Å²) in [6.45, 7) is 1.99. The van der Waals surface area contributed by atoms with Crippen molar-refractivity contribution >= 4 is 11.8 Å². The maximum absolute atomic E-state index is 12.1. The zero-order chi connectivity index (χ0) is 12.9. The van der Waals surface area contributed by atoms with E-state index in [0.29, 0.717) is 12.8 Å². The van der Waals surface area contributed by atoms with Gasteiger partial charge in [-0.3, -0.25) is 9.59 Å². The van der Waals surface area contributed by atoms with Crippen molar-refractivity contribution in [3.63, 3.8) is 0 Å². The first kappa shape index (κ1) is 13.7. The van der Waals surface area contributed by atoms with E-state index in [0.717, 1.165) is 25.0 Å². The molecule has 1 aliphatic rings. The Morgan fingerprint density at radius 1 is 1.47 bits per heavy atom. The molecule has 0 bridgehead atoms. The predicted molar refractivity (Wildman–Crippen MR) is 63.3 cm³/mol. The molecule has 1 atom stereocenters. The minimum absolute atomic E-state index is 0.0759. The highest BCUT2D eigenvalue weighted by Crippen LogP contribution is 2.39. The Balaban J connectivity index is 2.73. The fraction of sp³-hybridized carbons (Fsp3) is 0.692. The molecule has 0 aromatic heterocycles. The molecule has 1 rings (SSSR count). The van der Waals surface area contributed by atoms with E-state index in [1.165, 1.54) is 7.11 Å². The zero-order valence-corrected chi connectivity index (χ0v) is 10.7. The number of hydrogen-bond donors (Lipinski definition) is 0. The van der Waals surface area contributed by atoms with Gasteiger partial charge in [0.05, 0.1) is 20.0 Å². The second-order valence-corrected chi connectivity index (χ2v) is 4.39. The minimum atomic E-state index is -0.407. The van der Waals surface area contributed by atoms with Crippen LogP contribution in [-0.4, -0.2) is 26.0 Å². The Kier molecular flexibility index (Phi) is 4.73. The summed E-state index contributed by atoms with van der Waals surface area (Å²) in [6, 6.07) is 0. The van der Waals surface area contributed by atoms with Crippen LogP contribution in [-0.2, 0) is 19.1 Å². The monoisotopic (exact) mass is 240 g/mol. The lowest BCUT2D eigenvalue weighted by Gasteiger charge is -2.33. The van der Waals surface area contributed by atoms with Crippen LogP contribution < -0.4 is 0 Å². The van der Waals surface area contributed by atoms with Crippen LogP contribution in [0.1, 0.15) is 39.0 Å². The summed E-state index contributed by atoms with van der Waals surface area (Å²) in [7, 11) is 2.94. The fourth-order valence-electron chi connectivity index (χ4n) is 2.24. The molecule has 0 aromatic carbocycles. The third kappa shape index (κ3) is 3.08. The molecule has 0 N–H and O–H groups in total. The summed E-state index contributed by atoms with van der Waals surface area (Å²) in [4.78, 5) is 23.3. The van der Waals surface area contributed by atoms with E-state index < -0.39 is 5.41 Å². The SMILES string of the molecule is CC[C@@]1(CCC(=O)OC)CCC(OC)=CC1=O. The molecule has 17 heavy (non-hydrogen) atoms. The molecule has 1 aliphatic carbocycles. The molecule has 0 aliphatic heterocycles. The second-order valence-electron chi connectivity index (χ2n) is 4.39. The van der Waals surface area contributed by atoms with Gasteiger partial charge in [-0.1, -0.05) is 6.92 Å². The summed E-state index contributed by atoms with van der Waals surface area (Å²) < 4.78 is 9.71. The van der Waals surface area contributed by atoms with Gasteiger partial charge in [0.25, 0.3) is 0 Å². The molecule has 0 amide bonds. The number of methoxy groups -OCH3 is 2. The molecular formula is C13H20O4. The van der Waals surface area contributed by atoms with E-state index >= 15 is 0 Å². The van der Waals surface area contributed by atoms with Gasteiger partial charge in [0.15, 0.2) is 5.78 Å². The lowest BCUT2D eigenvalue weighted by atomic mass is 9.70. The highest BCUT2D eigenvalue weighted by atomic mass is 16.5. The molecule has 4 nitrogen and oxygen atoms in total. The van der Waals surface area contributed by atoms with E-state index in [1.807, 2.05) is 6.92 Å². The summed E-state index contributed by atoms with van der Waals surface area (Å²) in [5.74, 6) is 0.552. The summed E-state index contributed by atoms with van der Waals surface area (Å²) in [5, 5.41) is 0. The Morgan fingerprint density at radius 2 is 2.18 bits per heavy atom. The van der Waals surface area contributed by atoms with E-state index in [9.17, 15) is 9.59 Å². The number of ketones is 1. The first-order valence-corrected chi connectivity index (χ1v) is 5.94. The second kappa shape index (κ2) is 5.84. The smallest absolute Gasteiger partial charge is 0.305 e. The number of rotatable bonds is 5. The predicted octanol–water partition coefficient (Wildman–Crippen LogP) is 2.23. The van der Waals surface area contributed by atoms with Crippen LogP contribution >= 0.6 is 0 Å². The van der Waals surface area contributed by atoms with Gasteiger partial charge in [0.2, 0.25) is 0 Å². The van der Waals surface area contributed by atoms with Gasteiger partial charge in [-0.2, -0.15) is 0 Å². The van der Waals surface area contributed by atoms with Crippen molar-refractivity contribution in [3.8, 4) is 0 Å². The summed E-state index contributed by atoms with van der Waals surface area (Å²) >= 11 is 0. The van der Waals surface area contributed by atoms with Crippen LogP contribution in [0.2, 0.25) is 0 Å².